The highest BCUT2D eigenvalue weighted by Gasteiger charge is 2.18. The van der Waals surface area contributed by atoms with Crippen molar-refractivity contribution in [3.05, 3.63) is 34.3 Å². The van der Waals surface area contributed by atoms with E-state index in [-0.39, 0.29) is 0 Å². The lowest BCUT2D eigenvalue weighted by molar-refractivity contribution is 0.330. The summed E-state index contributed by atoms with van der Waals surface area (Å²) in [6, 6.07) is 6.65. The maximum Gasteiger partial charge on any atom is 0.0408 e. The number of nitrogens with zero attached hydrogens (tertiary/aromatic N) is 1. The molecule has 1 aliphatic heterocycles. The third kappa shape index (κ3) is 4.49. The van der Waals surface area contributed by atoms with Crippen molar-refractivity contribution >= 4 is 11.6 Å². The van der Waals surface area contributed by atoms with Crippen molar-refractivity contribution < 1.29 is 0 Å². The van der Waals surface area contributed by atoms with Crippen LogP contribution in [0.1, 0.15) is 74.8 Å². The topological polar surface area (TPSA) is 3.24 Å². The van der Waals surface area contributed by atoms with Gasteiger partial charge in [-0.3, -0.25) is 0 Å². The fraction of sp³-hybridized carbons (Fsp3) is 0.700. The van der Waals surface area contributed by atoms with Crippen LogP contribution in [0.25, 0.3) is 0 Å². The second-order valence-electron chi connectivity index (χ2n) is 7.18. The van der Waals surface area contributed by atoms with Gasteiger partial charge in [-0.15, -0.1) is 0 Å². The van der Waals surface area contributed by atoms with Gasteiger partial charge >= 0.3 is 0 Å². The SMILES string of the molecule is Clc1ccc(C2CCCCC2)c(CCCCN2CCCC2)c1. The van der Waals surface area contributed by atoms with Gasteiger partial charge < -0.3 is 4.90 Å². The highest BCUT2D eigenvalue weighted by molar-refractivity contribution is 6.30. The first-order chi connectivity index (χ1) is 10.8. The van der Waals surface area contributed by atoms with Gasteiger partial charge in [0.25, 0.3) is 0 Å². The van der Waals surface area contributed by atoms with E-state index in [1.807, 2.05) is 0 Å². The molecule has 22 heavy (non-hydrogen) atoms. The van der Waals surface area contributed by atoms with Crippen molar-refractivity contribution in [3.63, 3.8) is 0 Å². The first kappa shape index (κ1) is 16.3. The van der Waals surface area contributed by atoms with Gasteiger partial charge in [0.15, 0.2) is 0 Å². The third-order valence-electron chi connectivity index (χ3n) is 5.52. The molecule has 2 heteroatoms. The van der Waals surface area contributed by atoms with E-state index in [0.29, 0.717) is 0 Å². The number of hydrogen-bond donors (Lipinski definition) is 0. The Morgan fingerprint density at radius 2 is 1.73 bits per heavy atom. The molecule has 1 aromatic rings. The van der Waals surface area contributed by atoms with Gasteiger partial charge in [0.2, 0.25) is 0 Å². The Labute approximate surface area is 141 Å². The van der Waals surface area contributed by atoms with E-state index in [0.717, 1.165) is 10.9 Å². The Morgan fingerprint density at radius 1 is 0.955 bits per heavy atom. The van der Waals surface area contributed by atoms with Gasteiger partial charge in [0.05, 0.1) is 0 Å². The summed E-state index contributed by atoms with van der Waals surface area (Å²) < 4.78 is 0. The average molecular weight is 320 g/mol. The average Bonchev–Trinajstić information content (AvgIpc) is 3.06. The van der Waals surface area contributed by atoms with Crippen LogP contribution in [0.5, 0.6) is 0 Å². The second-order valence-corrected chi connectivity index (χ2v) is 7.62. The van der Waals surface area contributed by atoms with Crippen molar-refractivity contribution in [1.29, 1.82) is 0 Å². The van der Waals surface area contributed by atoms with E-state index in [9.17, 15) is 0 Å². The lowest BCUT2D eigenvalue weighted by Crippen LogP contribution is -2.20. The molecule has 0 aromatic heterocycles. The van der Waals surface area contributed by atoms with Gasteiger partial charge in [-0.05, 0) is 93.8 Å². The molecule has 3 rings (SSSR count). The summed E-state index contributed by atoms with van der Waals surface area (Å²) in [4.78, 5) is 2.63. The van der Waals surface area contributed by atoms with E-state index >= 15 is 0 Å². The van der Waals surface area contributed by atoms with Crippen LogP contribution >= 0.6 is 11.6 Å². The molecule has 0 radical (unpaired) electrons. The van der Waals surface area contributed by atoms with Crippen LogP contribution < -0.4 is 0 Å². The Bertz CT molecular complexity index is 459. The van der Waals surface area contributed by atoms with Crippen LogP contribution in [0, 0.1) is 0 Å². The molecule has 0 N–H and O–H groups in total. The molecule has 0 amide bonds. The Kier molecular flexibility index (Phi) is 6.20. The molecule has 0 bridgehead atoms. The van der Waals surface area contributed by atoms with E-state index in [4.69, 9.17) is 11.6 Å². The zero-order valence-corrected chi connectivity index (χ0v) is 14.6. The molecule has 0 spiro atoms. The Hall–Kier alpha value is -0.530. The maximum absolute atomic E-state index is 6.26. The van der Waals surface area contributed by atoms with E-state index in [2.05, 4.69) is 23.1 Å². The van der Waals surface area contributed by atoms with Crippen LogP contribution in [0.2, 0.25) is 5.02 Å². The third-order valence-corrected chi connectivity index (χ3v) is 5.75. The number of rotatable bonds is 6. The zero-order valence-electron chi connectivity index (χ0n) is 13.8. The first-order valence-electron chi connectivity index (χ1n) is 9.33. The van der Waals surface area contributed by atoms with Gasteiger partial charge in [-0.1, -0.05) is 36.9 Å². The predicted octanol–water partition coefficient (Wildman–Crippen LogP) is 5.81. The maximum atomic E-state index is 6.26. The van der Waals surface area contributed by atoms with Gasteiger partial charge in [-0.2, -0.15) is 0 Å². The zero-order chi connectivity index (χ0) is 15.2. The van der Waals surface area contributed by atoms with Crippen LogP contribution in [-0.2, 0) is 6.42 Å². The molecule has 0 atom stereocenters. The normalized spacial score (nSPS) is 20.6. The molecule has 1 saturated carbocycles. The molecular formula is C20H30ClN. The number of hydrogen-bond acceptors (Lipinski definition) is 1. The van der Waals surface area contributed by atoms with Gasteiger partial charge in [0, 0.05) is 5.02 Å². The minimum Gasteiger partial charge on any atom is -0.303 e. The minimum atomic E-state index is 0.791. The summed E-state index contributed by atoms with van der Waals surface area (Å²) in [6.07, 6.45) is 13.6. The largest absolute Gasteiger partial charge is 0.303 e. The molecule has 2 aliphatic rings. The fourth-order valence-electron chi connectivity index (χ4n) is 4.26. The lowest BCUT2D eigenvalue weighted by atomic mass is 9.81. The predicted molar refractivity (Wildman–Crippen MR) is 95.9 cm³/mol. The molecule has 1 heterocycles. The number of benzene rings is 1. The molecule has 1 aliphatic carbocycles. The van der Waals surface area contributed by atoms with Crippen molar-refractivity contribution in [2.75, 3.05) is 19.6 Å². The number of halogens is 1. The second kappa shape index (κ2) is 8.36. The summed E-state index contributed by atoms with van der Waals surface area (Å²) in [7, 11) is 0. The highest BCUT2D eigenvalue weighted by atomic mass is 35.5. The molecule has 2 fully saturated rings. The van der Waals surface area contributed by atoms with Gasteiger partial charge in [-0.25, -0.2) is 0 Å². The number of aryl methyl sites for hydroxylation is 1. The monoisotopic (exact) mass is 319 g/mol. The molecule has 0 unspecified atom stereocenters. The summed E-state index contributed by atoms with van der Waals surface area (Å²) >= 11 is 6.26. The van der Waals surface area contributed by atoms with Crippen molar-refractivity contribution in [1.82, 2.24) is 4.90 Å². The smallest absolute Gasteiger partial charge is 0.0408 e. The molecule has 122 valence electrons. The summed E-state index contributed by atoms with van der Waals surface area (Å²) in [5, 5.41) is 0.911. The number of likely N-dealkylation sites (tertiary alicyclic amines) is 1. The van der Waals surface area contributed by atoms with E-state index in [1.165, 1.54) is 89.4 Å². The van der Waals surface area contributed by atoms with Crippen LogP contribution in [0.3, 0.4) is 0 Å². The van der Waals surface area contributed by atoms with Crippen molar-refractivity contribution in [2.45, 2.75) is 70.1 Å². The van der Waals surface area contributed by atoms with Crippen LogP contribution in [0.4, 0.5) is 0 Å². The van der Waals surface area contributed by atoms with Crippen molar-refractivity contribution in [3.8, 4) is 0 Å². The van der Waals surface area contributed by atoms with Crippen LogP contribution in [-0.4, -0.2) is 24.5 Å². The summed E-state index contributed by atoms with van der Waals surface area (Å²) in [5.74, 6) is 0.791. The molecule has 1 aromatic carbocycles. The first-order valence-corrected chi connectivity index (χ1v) is 9.71. The van der Waals surface area contributed by atoms with E-state index in [1.54, 1.807) is 5.56 Å². The Balaban J connectivity index is 1.55. The summed E-state index contributed by atoms with van der Waals surface area (Å²) in [5.41, 5.74) is 3.13. The lowest BCUT2D eigenvalue weighted by Gasteiger charge is -2.24. The Morgan fingerprint density at radius 3 is 2.50 bits per heavy atom. The minimum absolute atomic E-state index is 0.791. The molecule has 1 nitrogen and oxygen atoms in total. The van der Waals surface area contributed by atoms with Crippen LogP contribution in [0.15, 0.2) is 18.2 Å². The standard InChI is InChI=1S/C20H30ClN/c21-19-11-12-20(17-8-2-1-3-9-17)18(16-19)10-4-5-13-22-14-6-7-15-22/h11-12,16-17H,1-10,13-15H2. The molecule has 1 saturated heterocycles. The summed E-state index contributed by atoms with van der Waals surface area (Å²) in [6.45, 7) is 3.94. The molecular weight excluding hydrogens is 290 g/mol. The van der Waals surface area contributed by atoms with Gasteiger partial charge in [0.1, 0.15) is 0 Å². The van der Waals surface area contributed by atoms with Crippen molar-refractivity contribution in [2.24, 2.45) is 0 Å². The fourth-order valence-corrected chi connectivity index (χ4v) is 4.45. The quantitative estimate of drug-likeness (QED) is 0.598. The number of unbranched alkanes of at least 4 members (excludes halogenated alkanes) is 1. The highest BCUT2D eigenvalue weighted by Crippen LogP contribution is 2.35. The van der Waals surface area contributed by atoms with E-state index < -0.39 is 0 Å².